The van der Waals surface area contributed by atoms with Crippen LogP contribution in [0.25, 0.3) is 0 Å². The lowest BCUT2D eigenvalue weighted by molar-refractivity contribution is -0.124. The maximum Gasteiger partial charge on any atom is 0.240 e. The summed E-state index contributed by atoms with van der Waals surface area (Å²) < 4.78 is 11.6. The van der Waals surface area contributed by atoms with E-state index in [4.69, 9.17) is 32.7 Å². The minimum Gasteiger partial charge on any atom is -0.497 e. The predicted octanol–water partition coefficient (Wildman–Crippen LogP) is 6.21. The van der Waals surface area contributed by atoms with Crippen molar-refractivity contribution in [3.63, 3.8) is 0 Å². The van der Waals surface area contributed by atoms with Crippen LogP contribution in [0.1, 0.15) is 24.0 Å². The summed E-state index contributed by atoms with van der Waals surface area (Å²) in [5.41, 5.74) is 4.68. The van der Waals surface area contributed by atoms with Gasteiger partial charge in [0.15, 0.2) is 0 Å². The Morgan fingerprint density at radius 1 is 0.971 bits per heavy atom. The highest BCUT2D eigenvalue weighted by Crippen LogP contribution is 2.28. The molecule has 0 spiro atoms. The molecule has 0 radical (unpaired) electrons. The van der Waals surface area contributed by atoms with Crippen LogP contribution >= 0.6 is 39.1 Å². The highest BCUT2D eigenvalue weighted by molar-refractivity contribution is 9.10. The first-order valence-electron chi connectivity index (χ1n) is 10.5. The summed E-state index contributed by atoms with van der Waals surface area (Å²) in [6, 6.07) is 17.6. The van der Waals surface area contributed by atoms with E-state index in [1.807, 2.05) is 12.1 Å². The SMILES string of the molecule is COc1ccc(NC(=O)CCC(=O)NN=Cc2ccc(OCc3ccc(Cl)c(Cl)c3)c(Br)c2)cc1. The van der Waals surface area contributed by atoms with Gasteiger partial charge in [0.05, 0.1) is 27.8 Å². The smallest absolute Gasteiger partial charge is 0.240 e. The van der Waals surface area contributed by atoms with Crippen molar-refractivity contribution < 1.29 is 19.1 Å². The molecular weight excluding hydrogens is 557 g/mol. The monoisotopic (exact) mass is 577 g/mol. The van der Waals surface area contributed by atoms with Crippen LogP contribution in [0.2, 0.25) is 10.0 Å². The van der Waals surface area contributed by atoms with E-state index in [-0.39, 0.29) is 24.7 Å². The molecule has 0 saturated heterocycles. The summed E-state index contributed by atoms with van der Waals surface area (Å²) in [5, 5.41) is 7.63. The van der Waals surface area contributed by atoms with Gasteiger partial charge in [-0.3, -0.25) is 9.59 Å². The number of nitrogens with zero attached hydrogens (tertiary/aromatic N) is 1. The highest BCUT2D eigenvalue weighted by Gasteiger charge is 2.08. The number of amides is 2. The summed E-state index contributed by atoms with van der Waals surface area (Å²) >= 11 is 15.4. The van der Waals surface area contributed by atoms with Crippen LogP contribution in [0.3, 0.4) is 0 Å². The lowest BCUT2D eigenvalue weighted by atomic mass is 10.2. The molecule has 0 fully saturated rings. The van der Waals surface area contributed by atoms with Gasteiger partial charge in [0, 0.05) is 18.5 Å². The van der Waals surface area contributed by atoms with Crippen LogP contribution < -0.4 is 20.2 Å². The van der Waals surface area contributed by atoms with E-state index >= 15 is 0 Å². The van der Waals surface area contributed by atoms with Gasteiger partial charge in [0.2, 0.25) is 11.8 Å². The summed E-state index contributed by atoms with van der Waals surface area (Å²) in [6.45, 7) is 0.324. The number of ether oxygens (including phenoxy) is 2. The molecule has 10 heteroatoms. The van der Waals surface area contributed by atoms with E-state index in [1.54, 1.807) is 55.6 Å². The molecule has 0 aromatic heterocycles. The van der Waals surface area contributed by atoms with Gasteiger partial charge in [-0.1, -0.05) is 29.3 Å². The van der Waals surface area contributed by atoms with Crippen molar-refractivity contribution in [1.29, 1.82) is 0 Å². The standard InChI is InChI=1S/C25H22BrCl2N3O4/c1-34-19-6-4-18(5-7-19)30-24(32)10-11-25(33)31-29-14-16-3-9-23(20(26)12-16)35-15-17-2-8-21(27)22(28)13-17/h2-9,12-14H,10-11,15H2,1H3,(H,30,32)(H,31,33). The van der Waals surface area contributed by atoms with Crippen LogP contribution in [0.15, 0.2) is 70.2 Å². The van der Waals surface area contributed by atoms with Gasteiger partial charge < -0.3 is 14.8 Å². The fourth-order valence-electron chi connectivity index (χ4n) is 2.86. The molecule has 3 rings (SSSR count). The first-order chi connectivity index (χ1) is 16.8. The number of rotatable bonds is 10. The Balaban J connectivity index is 1.42. The minimum atomic E-state index is -0.369. The van der Waals surface area contributed by atoms with E-state index in [2.05, 4.69) is 31.8 Å². The molecule has 0 aliphatic heterocycles. The molecule has 0 saturated carbocycles. The molecule has 2 amide bonds. The summed E-state index contributed by atoms with van der Waals surface area (Å²) in [4.78, 5) is 24.0. The summed E-state index contributed by atoms with van der Waals surface area (Å²) in [6.07, 6.45) is 1.54. The average molecular weight is 579 g/mol. The lowest BCUT2D eigenvalue weighted by Gasteiger charge is -2.09. The van der Waals surface area contributed by atoms with Gasteiger partial charge in [0.1, 0.15) is 18.1 Å². The zero-order chi connectivity index (χ0) is 25.2. The van der Waals surface area contributed by atoms with E-state index in [0.29, 0.717) is 33.8 Å². The zero-order valence-electron chi connectivity index (χ0n) is 18.7. The second-order valence-corrected chi connectivity index (χ2v) is 8.97. The van der Waals surface area contributed by atoms with E-state index in [9.17, 15) is 9.59 Å². The molecule has 0 heterocycles. The molecule has 0 unspecified atom stereocenters. The normalized spacial score (nSPS) is 10.7. The van der Waals surface area contributed by atoms with Gasteiger partial charge >= 0.3 is 0 Å². The van der Waals surface area contributed by atoms with Crippen molar-refractivity contribution in [2.75, 3.05) is 12.4 Å². The van der Waals surface area contributed by atoms with Crippen molar-refractivity contribution in [1.82, 2.24) is 5.43 Å². The number of nitrogens with one attached hydrogen (secondary N) is 2. The van der Waals surface area contributed by atoms with Gasteiger partial charge in [-0.05, 0) is 81.7 Å². The van der Waals surface area contributed by atoms with E-state index in [0.717, 1.165) is 15.6 Å². The number of carbonyl (C=O) groups excluding carboxylic acids is 2. The Bertz CT molecular complexity index is 1220. The van der Waals surface area contributed by atoms with Crippen LogP contribution in [0.5, 0.6) is 11.5 Å². The molecule has 7 nitrogen and oxygen atoms in total. The van der Waals surface area contributed by atoms with Gasteiger partial charge in [0.25, 0.3) is 0 Å². The number of hydrogen-bond acceptors (Lipinski definition) is 5. The predicted molar refractivity (Wildman–Crippen MR) is 142 cm³/mol. The molecule has 0 bridgehead atoms. The Morgan fingerprint density at radius 2 is 1.71 bits per heavy atom. The van der Waals surface area contributed by atoms with E-state index < -0.39 is 0 Å². The molecule has 182 valence electrons. The molecule has 0 aliphatic carbocycles. The first kappa shape index (κ1) is 26.5. The number of benzene rings is 3. The molecule has 0 atom stereocenters. The zero-order valence-corrected chi connectivity index (χ0v) is 21.8. The Morgan fingerprint density at radius 3 is 2.40 bits per heavy atom. The highest BCUT2D eigenvalue weighted by atomic mass is 79.9. The van der Waals surface area contributed by atoms with Crippen LogP contribution in [0.4, 0.5) is 5.69 Å². The van der Waals surface area contributed by atoms with Crippen molar-refractivity contribution in [2.24, 2.45) is 5.10 Å². The van der Waals surface area contributed by atoms with Crippen LogP contribution in [-0.4, -0.2) is 25.1 Å². The first-order valence-corrected chi connectivity index (χ1v) is 12.0. The van der Waals surface area contributed by atoms with E-state index in [1.165, 1.54) is 6.21 Å². The molecule has 3 aromatic rings. The van der Waals surface area contributed by atoms with Crippen molar-refractivity contribution in [3.05, 3.63) is 86.3 Å². The van der Waals surface area contributed by atoms with Gasteiger partial charge in [-0.25, -0.2) is 5.43 Å². The fraction of sp³-hybridized carbons (Fsp3) is 0.160. The van der Waals surface area contributed by atoms with Crippen LogP contribution in [0, 0.1) is 0 Å². The minimum absolute atomic E-state index is 0.00448. The lowest BCUT2D eigenvalue weighted by Crippen LogP contribution is -2.20. The molecule has 35 heavy (non-hydrogen) atoms. The van der Waals surface area contributed by atoms with Gasteiger partial charge in [-0.15, -0.1) is 0 Å². The molecule has 2 N–H and O–H groups in total. The van der Waals surface area contributed by atoms with Crippen molar-refractivity contribution in [2.45, 2.75) is 19.4 Å². The van der Waals surface area contributed by atoms with Crippen molar-refractivity contribution in [3.8, 4) is 11.5 Å². The third-order valence-electron chi connectivity index (χ3n) is 4.69. The average Bonchev–Trinajstić information content (AvgIpc) is 2.85. The molecule has 0 aliphatic rings. The summed E-state index contributed by atoms with van der Waals surface area (Å²) in [5.74, 6) is 0.694. The maximum atomic E-state index is 12.0. The molecule has 3 aromatic carbocycles. The number of hydrogen-bond donors (Lipinski definition) is 2. The quantitative estimate of drug-likeness (QED) is 0.221. The summed E-state index contributed by atoms with van der Waals surface area (Å²) in [7, 11) is 1.57. The topological polar surface area (TPSA) is 89.0 Å². The molecular formula is C25H22BrCl2N3O4. The number of methoxy groups -OCH3 is 1. The fourth-order valence-corrected chi connectivity index (χ4v) is 3.70. The third-order valence-corrected chi connectivity index (χ3v) is 6.05. The maximum absolute atomic E-state index is 12.0. The Kier molecular flexibility index (Phi) is 9.96. The third kappa shape index (κ3) is 8.58. The number of halogens is 3. The number of hydrazone groups is 1. The van der Waals surface area contributed by atoms with Crippen molar-refractivity contribution >= 4 is 62.8 Å². The second kappa shape index (κ2) is 13.1. The number of anilines is 1. The number of carbonyl (C=O) groups is 2. The largest absolute Gasteiger partial charge is 0.497 e. The second-order valence-electron chi connectivity index (χ2n) is 7.30. The van der Waals surface area contributed by atoms with Gasteiger partial charge in [-0.2, -0.15) is 5.10 Å². The van der Waals surface area contributed by atoms with Crippen LogP contribution in [-0.2, 0) is 16.2 Å². The Hall–Kier alpha value is -3.07. The Labute approximate surface area is 221 Å².